The number of likely N-dealkylation sites (N-methyl/N-ethyl adjacent to an activating group) is 1. The molecule has 6 nitrogen and oxygen atoms in total. The van der Waals surface area contributed by atoms with Crippen LogP contribution in [0.2, 0.25) is 0 Å². The van der Waals surface area contributed by atoms with Crippen molar-refractivity contribution in [2.24, 2.45) is 0 Å². The number of aromatic nitrogens is 1. The molecule has 0 saturated carbocycles. The topological polar surface area (TPSA) is 72.3 Å². The number of pyridine rings is 1. The molecule has 0 atom stereocenters. The smallest absolute Gasteiger partial charge is 0.257 e. The van der Waals surface area contributed by atoms with Gasteiger partial charge in [0.05, 0.1) is 29.1 Å². The molecule has 3 rings (SSSR count). The van der Waals surface area contributed by atoms with Crippen LogP contribution in [0, 0.1) is 11.3 Å². The summed E-state index contributed by atoms with van der Waals surface area (Å²) in [6.07, 6.45) is 3.37. The number of carbonyl (C=O) groups is 1. The minimum absolute atomic E-state index is 0.225. The van der Waals surface area contributed by atoms with Crippen molar-refractivity contribution in [3.05, 3.63) is 53.9 Å². The first-order valence-electron chi connectivity index (χ1n) is 8.43. The molecule has 1 aromatic carbocycles. The molecule has 1 aliphatic rings. The Morgan fingerprint density at radius 3 is 2.76 bits per heavy atom. The summed E-state index contributed by atoms with van der Waals surface area (Å²) in [5, 5.41) is 11.8. The van der Waals surface area contributed by atoms with Crippen LogP contribution in [0.5, 0.6) is 0 Å². The normalized spacial score (nSPS) is 14.8. The van der Waals surface area contributed by atoms with Gasteiger partial charge in [0.25, 0.3) is 5.91 Å². The van der Waals surface area contributed by atoms with Gasteiger partial charge in [0.1, 0.15) is 0 Å². The third-order valence-electron chi connectivity index (χ3n) is 4.42. The highest BCUT2D eigenvalue weighted by atomic mass is 16.1. The van der Waals surface area contributed by atoms with Crippen LogP contribution in [0.1, 0.15) is 22.8 Å². The molecule has 6 heteroatoms. The lowest BCUT2D eigenvalue weighted by molar-refractivity contribution is 0.102. The second kappa shape index (κ2) is 7.77. The molecule has 1 aromatic heterocycles. The van der Waals surface area contributed by atoms with E-state index in [9.17, 15) is 4.79 Å². The highest BCUT2D eigenvalue weighted by Gasteiger charge is 2.17. The summed E-state index contributed by atoms with van der Waals surface area (Å²) in [7, 11) is 0. The van der Waals surface area contributed by atoms with Gasteiger partial charge in [-0.3, -0.25) is 9.78 Å². The average molecular weight is 335 g/mol. The molecule has 1 saturated heterocycles. The van der Waals surface area contributed by atoms with Crippen molar-refractivity contribution in [3.63, 3.8) is 0 Å². The van der Waals surface area contributed by atoms with E-state index in [4.69, 9.17) is 5.26 Å². The summed E-state index contributed by atoms with van der Waals surface area (Å²) in [5.41, 5.74) is 2.59. The van der Waals surface area contributed by atoms with Crippen LogP contribution in [0.25, 0.3) is 0 Å². The van der Waals surface area contributed by atoms with Crippen LogP contribution in [0.4, 0.5) is 11.4 Å². The first kappa shape index (κ1) is 16.9. The van der Waals surface area contributed by atoms with Crippen molar-refractivity contribution < 1.29 is 4.79 Å². The SMILES string of the molecule is CCN1CCN(c2cncc(C(=O)Nc3cccc(C#N)c3)c2)CC1. The predicted octanol–water partition coefficient (Wildman–Crippen LogP) is 2.35. The van der Waals surface area contributed by atoms with Crippen molar-refractivity contribution in [2.75, 3.05) is 42.9 Å². The average Bonchev–Trinajstić information content (AvgIpc) is 2.68. The number of anilines is 2. The third-order valence-corrected chi connectivity index (χ3v) is 4.42. The zero-order valence-electron chi connectivity index (χ0n) is 14.3. The zero-order chi connectivity index (χ0) is 17.6. The van der Waals surface area contributed by atoms with Crippen LogP contribution in [0.15, 0.2) is 42.7 Å². The summed E-state index contributed by atoms with van der Waals surface area (Å²) in [4.78, 5) is 21.4. The number of benzene rings is 1. The molecule has 0 spiro atoms. The lowest BCUT2D eigenvalue weighted by atomic mass is 10.2. The van der Waals surface area contributed by atoms with Crippen LogP contribution < -0.4 is 10.2 Å². The van der Waals surface area contributed by atoms with Crippen molar-refractivity contribution >= 4 is 17.3 Å². The highest BCUT2D eigenvalue weighted by Crippen LogP contribution is 2.18. The van der Waals surface area contributed by atoms with E-state index in [1.54, 1.807) is 36.7 Å². The monoisotopic (exact) mass is 335 g/mol. The lowest BCUT2D eigenvalue weighted by Gasteiger charge is -2.35. The lowest BCUT2D eigenvalue weighted by Crippen LogP contribution is -2.46. The number of rotatable bonds is 4. The summed E-state index contributed by atoms with van der Waals surface area (Å²) < 4.78 is 0. The van der Waals surface area contributed by atoms with E-state index >= 15 is 0 Å². The summed E-state index contributed by atoms with van der Waals surface area (Å²) in [6.45, 7) is 7.15. The number of piperazine rings is 1. The summed E-state index contributed by atoms with van der Waals surface area (Å²) in [6, 6.07) is 10.8. The Hall–Kier alpha value is -2.91. The van der Waals surface area contributed by atoms with Gasteiger partial charge in [0, 0.05) is 38.1 Å². The minimum atomic E-state index is -0.225. The predicted molar refractivity (Wildman–Crippen MR) is 97.7 cm³/mol. The van der Waals surface area contributed by atoms with Gasteiger partial charge in [-0.25, -0.2) is 0 Å². The second-order valence-electron chi connectivity index (χ2n) is 6.00. The number of nitrogens with one attached hydrogen (secondary N) is 1. The molecular weight excluding hydrogens is 314 g/mol. The van der Waals surface area contributed by atoms with E-state index in [1.807, 2.05) is 6.07 Å². The third kappa shape index (κ3) is 4.14. The van der Waals surface area contributed by atoms with E-state index in [0.29, 0.717) is 16.8 Å². The van der Waals surface area contributed by atoms with Gasteiger partial charge in [0.15, 0.2) is 0 Å². The van der Waals surface area contributed by atoms with Crippen LogP contribution in [-0.2, 0) is 0 Å². The number of hydrogen-bond acceptors (Lipinski definition) is 5. The molecule has 1 aliphatic heterocycles. The molecule has 128 valence electrons. The fourth-order valence-electron chi connectivity index (χ4n) is 2.92. The van der Waals surface area contributed by atoms with Crippen LogP contribution >= 0.6 is 0 Å². The number of nitriles is 1. The quantitative estimate of drug-likeness (QED) is 0.928. The van der Waals surface area contributed by atoms with E-state index in [0.717, 1.165) is 38.4 Å². The zero-order valence-corrected chi connectivity index (χ0v) is 14.3. The first-order valence-corrected chi connectivity index (χ1v) is 8.43. The molecule has 1 fully saturated rings. The van der Waals surface area contributed by atoms with Crippen molar-refractivity contribution in [1.29, 1.82) is 5.26 Å². The molecule has 0 aliphatic carbocycles. The van der Waals surface area contributed by atoms with Gasteiger partial charge in [0.2, 0.25) is 0 Å². The maximum atomic E-state index is 12.5. The van der Waals surface area contributed by atoms with Gasteiger partial charge in [-0.2, -0.15) is 5.26 Å². The Bertz CT molecular complexity index is 790. The molecule has 0 unspecified atom stereocenters. The Balaban J connectivity index is 1.70. The van der Waals surface area contributed by atoms with Crippen molar-refractivity contribution in [3.8, 4) is 6.07 Å². The van der Waals surface area contributed by atoms with Crippen molar-refractivity contribution in [2.45, 2.75) is 6.92 Å². The molecule has 0 bridgehead atoms. The standard InChI is InChI=1S/C19H21N5O/c1-2-23-6-8-24(9-7-23)18-11-16(13-21-14-18)19(25)22-17-5-3-4-15(10-17)12-20/h3-5,10-11,13-14H,2,6-9H2,1H3,(H,22,25). The maximum absolute atomic E-state index is 12.5. The van der Waals surface area contributed by atoms with Crippen molar-refractivity contribution in [1.82, 2.24) is 9.88 Å². The van der Waals surface area contributed by atoms with E-state index in [-0.39, 0.29) is 5.91 Å². The maximum Gasteiger partial charge on any atom is 0.257 e. The van der Waals surface area contributed by atoms with E-state index in [2.05, 4.69) is 33.1 Å². The molecule has 2 aromatic rings. The second-order valence-corrected chi connectivity index (χ2v) is 6.00. The fraction of sp³-hybridized carbons (Fsp3) is 0.316. The highest BCUT2D eigenvalue weighted by molar-refractivity contribution is 6.04. The Kier molecular flexibility index (Phi) is 5.26. The van der Waals surface area contributed by atoms with Gasteiger partial charge in [-0.1, -0.05) is 13.0 Å². The van der Waals surface area contributed by atoms with Gasteiger partial charge in [-0.15, -0.1) is 0 Å². The van der Waals surface area contributed by atoms with Gasteiger partial charge in [-0.05, 0) is 30.8 Å². The molecule has 2 heterocycles. The number of hydrogen-bond donors (Lipinski definition) is 1. The van der Waals surface area contributed by atoms with E-state index < -0.39 is 0 Å². The number of carbonyl (C=O) groups excluding carboxylic acids is 1. The van der Waals surface area contributed by atoms with Gasteiger partial charge < -0.3 is 15.1 Å². The summed E-state index contributed by atoms with van der Waals surface area (Å²) in [5.74, 6) is -0.225. The fourth-order valence-corrected chi connectivity index (χ4v) is 2.92. The largest absolute Gasteiger partial charge is 0.368 e. The Morgan fingerprint density at radius 1 is 1.24 bits per heavy atom. The first-order chi connectivity index (χ1) is 12.2. The molecule has 25 heavy (non-hydrogen) atoms. The number of nitrogens with zero attached hydrogens (tertiary/aromatic N) is 4. The van der Waals surface area contributed by atoms with Crippen LogP contribution in [-0.4, -0.2) is 48.5 Å². The van der Waals surface area contributed by atoms with Gasteiger partial charge >= 0.3 is 0 Å². The Labute approximate surface area is 147 Å². The minimum Gasteiger partial charge on any atom is -0.368 e. The van der Waals surface area contributed by atoms with Crippen LogP contribution in [0.3, 0.4) is 0 Å². The molecule has 1 N–H and O–H groups in total. The Morgan fingerprint density at radius 2 is 2.04 bits per heavy atom. The number of amides is 1. The molecule has 1 amide bonds. The molecular formula is C19H21N5O. The molecule has 0 radical (unpaired) electrons. The van der Waals surface area contributed by atoms with E-state index in [1.165, 1.54) is 0 Å². The summed E-state index contributed by atoms with van der Waals surface area (Å²) >= 11 is 0.